The Morgan fingerprint density at radius 3 is 1.95 bits per heavy atom. The van der Waals surface area contributed by atoms with Crippen molar-refractivity contribution in [2.45, 2.75) is 18.9 Å². The highest BCUT2D eigenvalue weighted by Crippen LogP contribution is 2.33. The zero-order valence-electron chi connectivity index (χ0n) is 12.4. The highest BCUT2D eigenvalue weighted by Gasteiger charge is 2.43. The van der Waals surface area contributed by atoms with E-state index in [9.17, 15) is 9.90 Å². The summed E-state index contributed by atoms with van der Waals surface area (Å²) in [7, 11) is 0. The van der Waals surface area contributed by atoms with Gasteiger partial charge in [0.05, 0.1) is 12.5 Å². The van der Waals surface area contributed by atoms with E-state index in [0.717, 1.165) is 12.0 Å². The molecule has 1 heterocycles. The maximum absolute atomic E-state index is 12.2. The lowest BCUT2D eigenvalue weighted by Crippen LogP contribution is -2.27. The Morgan fingerprint density at radius 2 is 1.41 bits per heavy atom. The first-order valence-electron chi connectivity index (χ1n) is 7.67. The molecule has 0 saturated carbocycles. The van der Waals surface area contributed by atoms with E-state index in [1.165, 1.54) is 5.56 Å². The van der Waals surface area contributed by atoms with Crippen molar-refractivity contribution in [1.29, 1.82) is 0 Å². The molecular weight excluding hydrogens is 276 g/mol. The van der Waals surface area contributed by atoms with E-state index in [1.807, 2.05) is 48.5 Å². The van der Waals surface area contributed by atoms with Crippen molar-refractivity contribution < 1.29 is 14.6 Å². The largest absolute Gasteiger partial charge is 0.459 e. The Labute approximate surface area is 130 Å². The van der Waals surface area contributed by atoms with Gasteiger partial charge in [-0.15, -0.1) is 0 Å². The predicted molar refractivity (Wildman–Crippen MR) is 84.2 cm³/mol. The third-order valence-corrected chi connectivity index (χ3v) is 4.36. The number of cyclic esters (lactones) is 1. The van der Waals surface area contributed by atoms with Gasteiger partial charge in [-0.1, -0.05) is 60.7 Å². The van der Waals surface area contributed by atoms with Gasteiger partial charge in [0.25, 0.3) is 0 Å². The van der Waals surface area contributed by atoms with Crippen molar-refractivity contribution in [2.24, 2.45) is 11.8 Å². The zero-order valence-corrected chi connectivity index (χ0v) is 12.4. The average Bonchev–Trinajstić information content (AvgIpc) is 2.85. The molecule has 0 spiro atoms. The highest BCUT2D eigenvalue weighted by molar-refractivity contribution is 5.75. The molecule has 22 heavy (non-hydrogen) atoms. The zero-order chi connectivity index (χ0) is 15.4. The van der Waals surface area contributed by atoms with Gasteiger partial charge in [0, 0.05) is 5.92 Å². The van der Waals surface area contributed by atoms with Crippen LogP contribution in [-0.2, 0) is 22.4 Å². The lowest BCUT2D eigenvalue weighted by Gasteiger charge is -2.19. The van der Waals surface area contributed by atoms with E-state index in [1.54, 1.807) is 0 Å². The third-order valence-electron chi connectivity index (χ3n) is 4.36. The first kappa shape index (κ1) is 14.8. The second-order valence-electron chi connectivity index (χ2n) is 5.81. The number of esters is 1. The van der Waals surface area contributed by atoms with Crippen LogP contribution < -0.4 is 0 Å². The number of aliphatic hydroxyl groups is 1. The van der Waals surface area contributed by atoms with Crippen molar-refractivity contribution in [3.05, 3.63) is 71.8 Å². The molecule has 2 aromatic rings. The number of carbonyl (C=O) groups is 1. The van der Waals surface area contributed by atoms with Crippen LogP contribution in [0.25, 0.3) is 0 Å². The number of aliphatic hydroxyl groups excluding tert-OH is 1. The van der Waals surface area contributed by atoms with Crippen molar-refractivity contribution in [3.63, 3.8) is 0 Å². The minimum atomic E-state index is -0.401. The molecule has 0 radical (unpaired) electrons. The Hall–Kier alpha value is -2.13. The summed E-state index contributed by atoms with van der Waals surface area (Å²) < 4.78 is 5.39. The Kier molecular flexibility index (Phi) is 4.54. The molecular formula is C19H20O3. The predicted octanol–water partition coefficient (Wildman–Crippen LogP) is 2.62. The van der Waals surface area contributed by atoms with Crippen LogP contribution in [0, 0.1) is 11.8 Å². The lowest BCUT2D eigenvalue weighted by molar-refractivity contribution is -0.145. The number of benzene rings is 2. The molecule has 0 aromatic heterocycles. The van der Waals surface area contributed by atoms with Crippen LogP contribution in [0.3, 0.4) is 0 Å². The molecule has 114 valence electrons. The number of ether oxygens (including phenoxy) is 1. The van der Waals surface area contributed by atoms with E-state index < -0.39 is 6.10 Å². The van der Waals surface area contributed by atoms with Gasteiger partial charge >= 0.3 is 5.97 Å². The fraction of sp³-hybridized carbons (Fsp3) is 0.316. The highest BCUT2D eigenvalue weighted by atomic mass is 16.6. The van der Waals surface area contributed by atoms with Gasteiger partial charge < -0.3 is 9.84 Å². The summed E-state index contributed by atoms with van der Waals surface area (Å²) in [5.74, 6) is -0.372. The van der Waals surface area contributed by atoms with Gasteiger partial charge in [-0.05, 0) is 24.0 Å². The molecule has 0 bridgehead atoms. The second-order valence-corrected chi connectivity index (χ2v) is 5.81. The van der Waals surface area contributed by atoms with Crippen molar-refractivity contribution in [1.82, 2.24) is 0 Å². The molecule has 1 fully saturated rings. The Balaban J connectivity index is 1.80. The summed E-state index contributed by atoms with van der Waals surface area (Å²) in [5.41, 5.74) is 2.29. The minimum absolute atomic E-state index is 0.0140. The number of hydrogen-bond donors (Lipinski definition) is 1. The summed E-state index contributed by atoms with van der Waals surface area (Å²) in [4.78, 5) is 12.2. The molecule has 1 N–H and O–H groups in total. The van der Waals surface area contributed by atoms with Crippen LogP contribution in [0.5, 0.6) is 0 Å². The maximum atomic E-state index is 12.2. The lowest BCUT2D eigenvalue weighted by atomic mass is 9.82. The van der Waals surface area contributed by atoms with Gasteiger partial charge in [0.15, 0.2) is 0 Å². The normalized spacial score (nSPS) is 24.2. The van der Waals surface area contributed by atoms with E-state index in [2.05, 4.69) is 12.1 Å². The van der Waals surface area contributed by atoms with E-state index >= 15 is 0 Å². The number of carbonyl (C=O) groups excluding carboxylic acids is 1. The van der Waals surface area contributed by atoms with Gasteiger partial charge in [-0.2, -0.15) is 0 Å². The summed E-state index contributed by atoms with van der Waals surface area (Å²) in [6.07, 6.45) is 1.00. The average molecular weight is 296 g/mol. The van der Waals surface area contributed by atoms with Crippen LogP contribution in [0.15, 0.2) is 60.7 Å². The van der Waals surface area contributed by atoms with E-state index in [-0.39, 0.29) is 24.4 Å². The van der Waals surface area contributed by atoms with Gasteiger partial charge in [-0.3, -0.25) is 4.79 Å². The van der Waals surface area contributed by atoms with Gasteiger partial charge in [0.2, 0.25) is 0 Å². The van der Waals surface area contributed by atoms with E-state index in [0.29, 0.717) is 6.42 Å². The molecule has 1 aliphatic rings. The summed E-state index contributed by atoms with van der Waals surface area (Å²) in [5, 5.41) is 9.54. The van der Waals surface area contributed by atoms with Gasteiger partial charge in [-0.25, -0.2) is 0 Å². The fourth-order valence-corrected chi connectivity index (χ4v) is 3.19. The number of rotatable bonds is 5. The van der Waals surface area contributed by atoms with Crippen LogP contribution in [0.2, 0.25) is 0 Å². The fourth-order valence-electron chi connectivity index (χ4n) is 3.19. The smallest absolute Gasteiger partial charge is 0.310 e. The monoisotopic (exact) mass is 296 g/mol. The summed E-state index contributed by atoms with van der Waals surface area (Å²) >= 11 is 0. The van der Waals surface area contributed by atoms with E-state index in [4.69, 9.17) is 4.74 Å². The summed E-state index contributed by atoms with van der Waals surface area (Å²) in [6.45, 7) is -0.117. The third kappa shape index (κ3) is 3.20. The molecule has 1 aliphatic heterocycles. The number of hydrogen-bond acceptors (Lipinski definition) is 3. The first-order valence-corrected chi connectivity index (χ1v) is 7.67. The topological polar surface area (TPSA) is 46.5 Å². The summed E-state index contributed by atoms with van der Waals surface area (Å²) in [6, 6.07) is 20.0. The molecule has 2 aromatic carbocycles. The SMILES string of the molecule is O=C1O[C@H](CO)[C@H](Cc2ccccc2)[C@H]1Cc1ccccc1. The quantitative estimate of drug-likeness (QED) is 0.863. The molecule has 0 amide bonds. The standard InChI is InChI=1S/C19H20O3/c20-13-18-16(11-14-7-3-1-4-8-14)17(19(21)22-18)12-15-9-5-2-6-10-15/h1-10,16-18,20H,11-13H2/t16-,17-,18-/m1/s1. The molecule has 0 aliphatic carbocycles. The van der Waals surface area contributed by atoms with Crippen molar-refractivity contribution in [3.8, 4) is 0 Å². The molecule has 3 atom stereocenters. The van der Waals surface area contributed by atoms with Crippen molar-refractivity contribution in [2.75, 3.05) is 6.61 Å². The molecule has 1 saturated heterocycles. The van der Waals surface area contributed by atoms with Gasteiger partial charge in [0.1, 0.15) is 6.10 Å². The van der Waals surface area contributed by atoms with Crippen LogP contribution in [0.1, 0.15) is 11.1 Å². The molecule has 3 nitrogen and oxygen atoms in total. The minimum Gasteiger partial charge on any atom is -0.459 e. The molecule has 3 rings (SSSR count). The van der Waals surface area contributed by atoms with Crippen LogP contribution in [-0.4, -0.2) is 23.8 Å². The molecule has 3 heteroatoms. The van der Waals surface area contributed by atoms with Crippen LogP contribution in [0.4, 0.5) is 0 Å². The maximum Gasteiger partial charge on any atom is 0.310 e. The molecule has 0 unspecified atom stereocenters. The van der Waals surface area contributed by atoms with Crippen molar-refractivity contribution >= 4 is 5.97 Å². The first-order chi connectivity index (χ1) is 10.8. The van der Waals surface area contributed by atoms with Crippen LogP contribution >= 0.6 is 0 Å². The Bertz CT molecular complexity index is 609. The Morgan fingerprint density at radius 1 is 0.864 bits per heavy atom. The second kappa shape index (κ2) is 6.75.